The number of hydrogen-bond acceptors (Lipinski definition) is 15. The van der Waals surface area contributed by atoms with Gasteiger partial charge in [0.05, 0.1) is 26.4 Å². The molecule has 0 aromatic heterocycles. The molecule has 0 aliphatic rings. The van der Waals surface area contributed by atoms with Gasteiger partial charge in [-0.2, -0.15) is 0 Å². The number of phosphoric acid groups is 2. The minimum atomic E-state index is -4.95. The number of carbonyl (C=O) groups is 4. The second-order valence-corrected chi connectivity index (χ2v) is 30.6. The lowest BCUT2D eigenvalue weighted by atomic mass is 10.00. The van der Waals surface area contributed by atoms with E-state index in [0.29, 0.717) is 31.6 Å². The number of ether oxygens (including phenoxy) is 4. The van der Waals surface area contributed by atoms with Gasteiger partial charge in [-0.1, -0.05) is 306 Å². The van der Waals surface area contributed by atoms with Crippen molar-refractivity contribution in [2.24, 2.45) is 23.7 Å². The van der Waals surface area contributed by atoms with E-state index in [1.165, 1.54) is 154 Å². The maximum atomic E-state index is 13.0. The van der Waals surface area contributed by atoms with Crippen LogP contribution in [0.1, 0.15) is 357 Å². The molecular weight excluding hydrogens is 1200 g/mol. The average molecular weight is 1340 g/mol. The van der Waals surface area contributed by atoms with Crippen molar-refractivity contribution >= 4 is 39.5 Å². The summed E-state index contributed by atoms with van der Waals surface area (Å²) in [6.07, 6.45) is 44.7. The van der Waals surface area contributed by atoms with Gasteiger partial charge in [0.2, 0.25) is 0 Å². The largest absolute Gasteiger partial charge is 0.472 e. The lowest BCUT2D eigenvalue weighted by molar-refractivity contribution is -0.161. The van der Waals surface area contributed by atoms with Crippen molar-refractivity contribution < 1.29 is 80.2 Å². The monoisotopic (exact) mass is 1340 g/mol. The quantitative estimate of drug-likeness (QED) is 0.0222. The molecule has 0 aromatic carbocycles. The molecule has 3 N–H and O–H groups in total. The van der Waals surface area contributed by atoms with Crippen LogP contribution >= 0.6 is 15.6 Å². The molecule has 19 heteroatoms. The number of aliphatic hydroxyl groups is 1. The smallest absolute Gasteiger partial charge is 0.462 e. The van der Waals surface area contributed by atoms with E-state index in [2.05, 4.69) is 55.4 Å². The molecule has 17 nitrogen and oxygen atoms in total. The molecule has 0 amide bonds. The Morgan fingerprint density at radius 1 is 0.308 bits per heavy atom. The number of aliphatic hydroxyl groups excluding tert-OH is 1. The average Bonchev–Trinajstić information content (AvgIpc) is 3.61. The Hall–Kier alpha value is -1.94. The number of rotatable bonds is 69. The molecule has 0 aliphatic heterocycles. The summed E-state index contributed by atoms with van der Waals surface area (Å²) in [7, 11) is -9.90. The summed E-state index contributed by atoms with van der Waals surface area (Å²) in [4.78, 5) is 72.6. The van der Waals surface area contributed by atoms with Gasteiger partial charge in [0, 0.05) is 25.7 Å². The van der Waals surface area contributed by atoms with Crippen LogP contribution in [0.15, 0.2) is 0 Å². The Labute approximate surface area is 556 Å². The standard InChI is InChI=1S/C72H140O17P2/c1-9-65(8)51-43-35-30-31-39-47-55-72(77)89-68(59-82-69(74)52-44-36-27-21-17-15-13-11-10-12-14-16-19-24-32-40-48-62(2)3)61-87-91(80,81)85-57-66(73)56-84-90(78,79)86-60-67(58-83-70(75)53-45-37-29-23-26-34-42-50-64(6)7)88-71(76)54-46-38-28-22-18-20-25-33-41-49-63(4)5/h62-68,73H,9-61H2,1-8H3,(H,78,79)(H,80,81)/t65?,66?,67-,68-/m1/s1. The van der Waals surface area contributed by atoms with E-state index in [1.807, 2.05) is 0 Å². The molecule has 0 radical (unpaired) electrons. The molecule has 4 unspecified atom stereocenters. The van der Waals surface area contributed by atoms with E-state index in [-0.39, 0.29) is 25.7 Å². The topological polar surface area (TPSA) is 237 Å². The number of esters is 4. The third-order valence-electron chi connectivity index (χ3n) is 16.9. The summed E-state index contributed by atoms with van der Waals surface area (Å²) >= 11 is 0. The first-order valence-corrected chi connectivity index (χ1v) is 40.2. The minimum Gasteiger partial charge on any atom is -0.462 e. The summed E-state index contributed by atoms with van der Waals surface area (Å²) in [6, 6.07) is 0. The Morgan fingerprint density at radius 2 is 0.527 bits per heavy atom. The third-order valence-corrected chi connectivity index (χ3v) is 18.8. The Kier molecular flexibility index (Phi) is 60.3. The van der Waals surface area contributed by atoms with E-state index in [0.717, 1.165) is 114 Å². The van der Waals surface area contributed by atoms with Crippen molar-refractivity contribution in [2.75, 3.05) is 39.6 Å². The number of unbranched alkanes of at least 4 members (excludes halogenated alkanes) is 34. The normalized spacial score (nSPS) is 14.5. The highest BCUT2D eigenvalue weighted by molar-refractivity contribution is 7.47. The van der Waals surface area contributed by atoms with Gasteiger partial charge in [-0.25, -0.2) is 9.13 Å². The predicted molar refractivity (Wildman–Crippen MR) is 367 cm³/mol. The molecule has 0 aromatic rings. The third kappa shape index (κ3) is 65.1. The lowest BCUT2D eigenvalue weighted by Gasteiger charge is -2.21. The van der Waals surface area contributed by atoms with Gasteiger partial charge < -0.3 is 33.8 Å². The number of phosphoric ester groups is 2. The summed E-state index contributed by atoms with van der Waals surface area (Å²) < 4.78 is 68.3. The molecule has 0 heterocycles. The molecule has 540 valence electrons. The number of carbonyl (C=O) groups excluding carboxylic acids is 4. The van der Waals surface area contributed by atoms with Crippen LogP contribution < -0.4 is 0 Å². The number of hydrogen-bond donors (Lipinski definition) is 3. The SMILES string of the molecule is CCC(C)CCCCCCCCC(=O)O[C@H](COC(=O)CCCCCCCCCCCCCCCCCCC(C)C)COP(=O)(O)OCC(O)COP(=O)(O)OC[C@@H](COC(=O)CCCCCCCCCC(C)C)OC(=O)CCCCCCCCCCCC(C)C. The van der Waals surface area contributed by atoms with Gasteiger partial charge in [-0.15, -0.1) is 0 Å². The van der Waals surface area contributed by atoms with Crippen LogP contribution in [0, 0.1) is 23.7 Å². The maximum absolute atomic E-state index is 13.0. The summed E-state index contributed by atoms with van der Waals surface area (Å²) in [6.45, 7) is 14.1. The van der Waals surface area contributed by atoms with E-state index in [4.69, 9.17) is 37.0 Å². The van der Waals surface area contributed by atoms with Crippen LogP contribution in [0.5, 0.6) is 0 Å². The Morgan fingerprint density at radius 3 is 0.780 bits per heavy atom. The van der Waals surface area contributed by atoms with Crippen LogP contribution in [-0.4, -0.2) is 96.7 Å². The first kappa shape index (κ1) is 89.1. The molecule has 6 atom stereocenters. The molecule has 0 fully saturated rings. The van der Waals surface area contributed by atoms with Crippen LogP contribution in [0.3, 0.4) is 0 Å². The first-order chi connectivity index (χ1) is 43.6. The zero-order chi connectivity index (χ0) is 67.5. The van der Waals surface area contributed by atoms with E-state index >= 15 is 0 Å². The van der Waals surface area contributed by atoms with Crippen molar-refractivity contribution in [1.82, 2.24) is 0 Å². The van der Waals surface area contributed by atoms with Gasteiger partial charge >= 0.3 is 39.5 Å². The summed E-state index contributed by atoms with van der Waals surface area (Å²) in [5.41, 5.74) is 0. The van der Waals surface area contributed by atoms with Crippen molar-refractivity contribution in [2.45, 2.75) is 375 Å². The van der Waals surface area contributed by atoms with E-state index < -0.39 is 97.5 Å². The van der Waals surface area contributed by atoms with Crippen molar-refractivity contribution in [3.05, 3.63) is 0 Å². The van der Waals surface area contributed by atoms with E-state index in [9.17, 15) is 43.2 Å². The molecular formula is C72H140O17P2. The molecule has 0 spiro atoms. The predicted octanol–water partition coefficient (Wildman–Crippen LogP) is 20.5. The maximum Gasteiger partial charge on any atom is 0.472 e. The first-order valence-electron chi connectivity index (χ1n) is 37.2. The molecule has 91 heavy (non-hydrogen) atoms. The fourth-order valence-electron chi connectivity index (χ4n) is 10.8. The second kappa shape index (κ2) is 61.6. The van der Waals surface area contributed by atoms with Gasteiger partial charge in [-0.3, -0.25) is 37.3 Å². The lowest BCUT2D eigenvalue weighted by Crippen LogP contribution is -2.30. The van der Waals surface area contributed by atoms with Crippen LogP contribution in [0.2, 0.25) is 0 Å². The van der Waals surface area contributed by atoms with Gasteiger partial charge in [0.1, 0.15) is 19.3 Å². The highest BCUT2D eigenvalue weighted by Crippen LogP contribution is 2.45. The summed E-state index contributed by atoms with van der Waals surface area (Å²) in [5.74, 6) is 0.843. The van der Waals surface area contributed by atoms with E-state index in [1.54, 1.807) is 0 Å². The van der Waals surface area contributed by atoms with Crippen LogP contribution in [0.25, 0.3) is 0 Å². The molecule has 0 rings (SSSR count). The minimum absolute atomic E-state index is 0.103. The Balaban J connectivity index is 5.18. The zero-order valence-corrected chi connectivity index (χ0v) is 61.3. The fraction of sp³-hybridized carbons (Fsp3) is 0.944. The molecule has 0 saturated heterocycles. The van der Waals surface area contributed by atoms with Crippen LogP contribution in [-0.2, 0) is 65.4 Å². The fourth-order valence-corrected chi connectivity index (χ4v) is 12.4. The highest BCUT2D eigenvalue weighted by atomic mass is 31.2. The molecule has 0 saturated carbocycles. The van der Waals surface area contributed by atoms with Crippen molar-refractivity contribution in [3.8, 4) is 0 Å². The van der Waals surface area contributed by atoms with Crippen molar-refractivity contribution in [3.63, 3.8) is 0 Å². The van der Waals surface area contributed by atoms with Gasteiger partial charge in [0.25, 0.3) is 0 Å². The Bertz CT molecular complexity index is 1800. The van der Waals surface area contributed by atoms with Crippen LogP contribution in [0.4, 0.5) is 0 Å². The molecule has 0 bridgehead atoms. The zero-order valence-electron chi connectivity index (χ0n) is 59.5. The highest BCUT2D eigenvalue weighted by Gasteiger charge is 2.30. The second-order valence-electron chi connectivity index (χ2n) is 27.6. The van der Waals surface area contributed by atoms with Gasteiger partial charge in [0.15, 0.2) is 12.2 Å². The molecule has 0 aliphatic carbocycles. The summed E-state index contributed by atoms with van der Waals surface area (Å²) in [5, 5.41) is 10.6. The van der Waals surface area contributed by atoms with Crippen molar-refractivity contribution in [1.29, 1.82) is 0 Å². The van der Waals surface area contributed by atoms with Gasteiger partial charge in [-0.05, 0) is 49.4 Å².